The van der Waals surface area contributed by atoms with Crippen molar-refractivity contribution in [2.45, 2.75) is 18.7 Å². The zero-order chi connectivity index (χ0) is 12.4. The lowest BCUT2D eigenvalue weighted by Gasteiger charge is -2.32. The fourth-order valence-corrected chi connectivity index (χ4v) is 1.62. The molecule has 0 aromatic heterocycles. The molecule has 5 heteroatoms. The van der Waals surface area contributed by atoms with Crippen molar-refractivity contribution in [1.82, 2.24) is 0 Å². The molecule has 0 aliphatic carbocycles. The molecule has 0 amide bonds. The first-order chi connectivity index (χ1) is 7.36. The Balaban J connectivity index is 3.42. The Labute approximate surface area is 91.0 Å². The van der Waals surface area contributed by atoms with Gasteiger partial charge >= 0.3 is 6.18 Å². The van der Waals surface area contributed by atoms with Crippen molar-refractivity contribution in [2.75, 3.05) is 7.11 Å². The topological polar surface area (TPSA) is 26.3 Å². The van der Waals surface area contributed by atoms with Crippen molar-refractivity contribution in [3.05, 3.63) is 35.9 Å². The van der Waals surface area contributed by atoms with Gasteiger partial charge in [-0.15, -0.1) is 0 Å². The zero-order valence-corrected chi connectivity index (χ0v) is 8.84. The number of alkyl halides is 3. The molecule has 1 rings (SSSR count). The molecule has 0 spiro atoms. The van der Waals surface area contributed by atoms with E-state index in [1.54, 1.807) is 6.07 Å². The maximum Gasteiger partial charge on any atom is 0.428 e. The minimum Gasteiger partial charge on any atom is -0.358 e. The van der Waals surface area contributed by atoms with Gasteiger partial charge in [0.05, 0.1) is 0 Å². The van der Waals surface area contributed by atoms with E-state index in [0.29, 0.717) is 0 Å². The SMILES string of the molecule is CO[C@](C(C)=O)(c1ccccc1)C(F)(F)F. The average Bonchev–Trinajstić information content (AvgIpc) is 2.18. The quantitative estimate of drug-likeness (QED) is 0.800. The van der Waals surface area contributed by atoms with Gasteiger partial charge in [0, 0.05) is 12.7 Å². The van der Waals surface area contributed by atoms with Gasteiger partial charge in [-0.25, -0.2) is 0 Å². The molecule has 0 heterocycles. The number of halogens is 3. The first-order valence-electron chi connectivity index (χ1n) is 4.54. The number of ketones is 1. The number of hydrogen-bond donors (Lipinski definition) is 0. The number of ether oxygens (including phenoxy) is 1. The zero-order valence-electron chi connectivity index (χ0n) is 8.84. The molecule has 0 unspecified atom stereocenters. The molecule has 16 heavy (non-hydrogen) atoms. The average molecular weight is 232 g/mol. The van der Waals surface area contributed by atoms with Crippen molar-refractivity contribution in [3.8, 4) is 0 Å². The highest BCUT2D eigenvalue weighted by atomic mass is 19.4. The van der Waals surface area contributed by atoms with Crippen LogP contribution < -0.4 is 0 Å². The number of Topliss-reactive ketones (excluding diaryl/α,β-unsaturated/α-hetero) is 1. The van der Waals surface area contributed by atoms with Crippen LogP contribution in [0.1, 0.15) is 12.5 Å². The number of carbonyl (C=O) groups is 1. The third kappa shape index (κ3) is 1.82. The molecule has 0 aliphatic rings. The molecule has 2 nitrogen and oxygen atoms in total. The summed E-state index contributed by atoms with van der Waals surface area (Å²) in [5.41, 5.74) is -3.08. The van der Waals surface area contributed by atoms with Gasteiger partial charge in [-0.2, -0.15) is 13.2 Å². The van der Waals surface area contributed by atoms with Gasteiger partial charge in [0.15, 0.2) is 5.78 Å². The van der Waals surface area contributed by atoms with Crippen LogP contribution in [-0.2, 0) is 15.1 Å². The summed E-state index contributed by atoms with van der Waals surface area (Å²) in [6.07, 6.45) is -4.78. The second kappa shape index (κ2) is 4.25. The Hall–Kier alpha value is -1.36. The standard InChI is InChI=1S/C11H11F3O2/c1-8(15)10(16-2,11(12,13)14)9-6-4-3-5-7-9/h3-7H,1-2H3/t10-/m1/s1. The summed E-state index contributed by atoms with van der Waals surface area (Å²) < 4.78 is 43.4. The van der Waals surface area contributed by atoms with Crippen LogP contribution >= 0.6 is 0 Å². The Morgan fingerprint density at radius 3 is 2.00 bits per heavy atom. The molecular formula is C11H11F3O2. The fourth-order valence-electron chi connectivity index (χ4n) is 1.62. The normalized spacial score (nSPS) is 15.6. The van der Waals surface area contributed by atoms with Crippen molar-refractivity contribution in [3.63, 3.8) is 0 Å². The van der Waals surface area contributed by atoms with E-state index in [1.807, 2.05) is 0 Å². The Morgan fingerprint density at radius 2 is 1.69 bits per heavy atom. The van der Waals surface area contributed by atoms with Gasteiger partial charge in [-0.3, -0.25) is 4.79 Å². The molecule has 0 aliphatic heterocycles. The third-order valence-corrected chi connectivity index (χ3v) is 2.38. The monoisotopic (exact) mass is 232 g/mol. The molecule has 0 saturated carbocycles. The highest BCUT2D eigenvalue weighted by Crippen LogP contribution is 2.42. The molecule has 0 fully saturated rings. The number of methoxy groups -OCH3 is 1. The maximum atomic E-state index is 13.0. The van der Waals surface area contributed by atoms with Crippen molar-refractivity contribution < 1.29 is 22.7 Å². The molecule has 1 aromatic rings. The van der Waals surface area contributed by atoms with Gasteiger partial charge in [0.2, 0.25) is 5.60 Å². The predicted octanol–water partition coefficient (Wildman–Crippen LogP) is 2.68. The highest BCUT2D eigenvalue weighted by Gasteiger charge is 2.60. The first kappa shape index (κ1) is 12.7. The smallest absolute Gasteiger partial charge is 0.358 e. The molecular weight excluding hydrogens is 221 g/mol. The van der Waals surface area contributed by atoms with E-state index in [2.05, 4.69) is 4.74 Å². The minimum absolute atomic E-state index is 0.211. The van der Waals surface area contributed by atoms with E-state index in [-0.39, 0.29) is 5.56 Å². The molecule has 1 aromatic carbocycles. The van der Waals surface area contributed by atoms with Crippen LogP contribution in [0.5, 0.6) is 0 Å². The Morgan fingerprint density at radius 1 is 1.19 bits per heavy atom. The molecule has 0 saturated heterocycles. The van der Waals surface area contributed by atoms with Gasteiger partial charge in [-0.1, -0.05) is 30.3 Å². The number of rotatable bonds is 3. The first-order valence-corrected chi connectivity index (χ1v) is 4.54. The third-order valence-electron chi connectivity index (χ3n) is 2.38. The lowest BCUT2D eigenvalue weighted by molar-refractivity contribution is -0.263. The lowest BCUT2D eigenvalue weighted by atomic mass is 9.89. The van der Waals surface area contributed by atoms with Gasteiger partial charge in [0.1, 0.15) is 0 Å². The second-order valence-corrected chi connectivity index (χ2v) is 3.31. The van der Waals surface area contributed by atoms with Crippen LogP contribution in [-0.4, -0.2) is 19.1 Å². The highest BCUT2D eigenvalue weighted by molar-refractivity contribution is 5.87. The minimum atomic E-state index is -4.78. The number of carbonyl (C=O) groups excluding carboxylic acids is 1. The predicted molar refractivity (Wildman–Crippen MR) is 51.9 cm³/mol. The summed E-state index contributed by atoms with van der Waals surface area (Å²) >= 11 is 0. The van der Waals surface area contributed by atoms with Gasteiger partial charge in [0.25, 0.3) is 0 Å². The maximum absolute atomic E-state index is 13.0. The summed E-state index contributed by atoms with van der Waals surface area (Å²) in [7, 11) is 0.877. The summed E-state index contributed by atoms with van der Waals surface area (Å²) in [5.74, 6) is -1.09. The van der Waals surface area contributed by atoms with E-state index < -0.39 is 17.6 Å². The van der Waals surface area contributed by atoms with Crippen LogP contribution in [0, 0.1) is 0 Å². The van der Waals surface area contributed by atoms with Crippen molar-refractivity contribution in [2.24, 2.45) is 0 Å². The van der Waals surface area contributed by atoms with E-state index in [0.717, 1.165) is 14.0 Å². The number of hydrogen-bond acceptors (Lipinski definition) is 2. The fraction of sp³-hybridized carbons (Fsp3) is 0.364. The Bertz CT molecular complexity index is 373. The lowest BCUT2D eigenvalue weighted by Crippen LogP contribution is -2.49. The summed E-state index contributed by atoms with van der Waals surface area (Å²) in [5, 5.41) is 0. The second-order valence-electron chi connectivity index (χ2n) is 3.31. The van der Waals surface area contributed by atoms with Crippen LogP contribution in [0.25, 0.3) is 0 Å². The van der Waals surface area contributed by atoms with Crippen LogP contribution in [0.3, 0.4) is 0 Å². The van der Waals surface area contributed by atoms with Gasteiger partial charge < -0.3 is 4.74 Å². The van der Waals surface area contributed by atoms with E-state index in [9.17, 15) is 18.0 Å². The van der Waals surface area contributed by atoms with Crippen molar-refractivity contribution >= 4 is 5.78 Å². The summed E-state index contributed by atoms with van der Waals surface area (Å²) in [6, 6.07) is 6.87. The number of benzene rings is 1. The summed E-state index contributed by atoms with van der Waals surface area (Å²) in [4.78, 5) is 11.3. The molecule has 88 valence electrons. The molecule has 0 bridgehead atoms. The van der Waals surface area contributed by atoms with Crippen molar-refractivity contribution in [1.29, 1.82) is 0 Å². The van der Waals surface area contributed by atoms with Gasteiger partial charge in [-0.05, 0) is 6.92 Å². The van der Waals surface area contributed by atoms with Crippen LogP contribution in [0.4, 0.5) is 13.2 Å². The van der Waals surface area contributed by atoms with Crippen LogP contribution in [0.2, 0.25) is 0 Å². The van der Waals surface area contributed by atoms with E-state index in [4.69, 9.17) is 0 Å². The van der Waals surface area contributed by atoms with Crippen LogP contribution in [0.15, 0.2) is 30.3 Å². The largest absolute Gasteiger partial charge is 0.428 e. The van der Waals surface area contributed by atoms with E-state index >= 15 is 0 Å². The Kier molecular flexibility index (Phi) is 3.38. The van der Waals surface area contributed by atoms with E-state index in [1.165, 1.54) is 24.3 Å². The molecule has 0 N–H and O–H groups in total. The molecule has 0 radical (unpaired) electrons. The summed E-state index contributed by atoms with van der Waals surface area (Å²) in [6.45, 7) is 0.865. The molecule has 1 atom stereocenters.